The number of ether oxygens (including phenoxy) is 2. The summed E-state index contributed by atoms with van der Waals surface area (Å²) < 4.78 is 10.8. The summed E-state index contributed by atoms with van der Waals surface area (Å²) in [4.78, 5) is 27.3. The zero-order valence-corrected chi connectivity index (χ0v) is 19.1. The van der Waals surface area contributed by atoms with E-state index in [2.05, 4.69) is 25.2 Å². The number of nitrogens with zero attached hydrogens (tertiary/aromatic N) is 1. The second-order valence-corrected chi connectivity index (χ2v) is 8.75. The molecule has 1 aliphatic heterocycles. The van der Waals surface area contributed by atoms with Gasteiger partial charge in [-0.25, -0.2) is 0 Å². The Labute approximate surface area is 190 Å². The summed E-state index contributed by atoms with van der Waals surface area (Å²) in [6.07, 6.45) is 3.86. The Bertz CT molecular complexity index is 968. The van der Waals surface area contributed by atoms with Gasteiger partial charge in [-0.1, -0.05) is 68.5 Å². The lowest BCUT2D eigenvalue weighted by atomic mass is 9.96. The Kier molecular flexibility index (Phi) is 8.20. The molecular weight excluding hydrogens is 404 g/mol. The zero-order valence-electron chi connectivity index (χ0n) is 19.1. The van der Waals surface area contributed by atoms with E-state index in [-0.39, 0.29) is 23.7 Å². The van der Waals surface area contributed by atoms with Crippen LogP contribution in [-0.4, -0.2) is 45.3 Å². The van der Waals surface area contributed by atoms with Crippen molar-refractivity contribution in [2.75, 3.05) is 38.4 Å². The SMILES string of the molecule is COCC(C)(C)COCCNC(=O)CC(=O)N1Cc2ccccc2/C=C\c2ccccc21. The van der Waals surface area contributed by atoms with Gasteiger partial charge >= 0.3 is 0 Å². The van der Waals surface area contributed by atoms with Crippen LogP contribution in [0.15, 0.2) is 48.5 Å². The molecular formula is C26H32N2O4. The van der Waals surface area contributed by atoms with E-state index in [0.29, 0.717) is 32.9 Å². The van der Waals surface area contributed by atoms with Crippen molar-refractivity contribution in [3.05, 3.63) is 65.2 Å². The molecule has 0 unspecified atom stereocenters. The predicted molar refractivity (Wildman–Crippen MR) is 127 cm³/mol. The smallest absolute Gasteiger partial charge is 0.236 e. The lowest BCUT2D eigenvalue weighted by Gasteiger charge is -2.27. The number of carbonyl (C=O) groups is 2. The maximum Gasteiger partial charge on any atom is 0.236 e. The summed E-state index contributed by atoms with van der Waals surface area (Å²) in [5.41, 5.74) is 3.78. The molecule has 2 aromatic rings. The minimum Gasteiger partial charge on any atom is -0.384 e. The van der Waals surface area contributed by atoms with Crippen LogP contribution in [0.2, 0.25) is 0 Å². The van der Waals surface area contributed by atoms with E-state index in [1.165, 1.54) is 0 Å². The molecule has 0 bridgehead atoms. The fourth-order valence-electron chi connectivity index (χ4n) is 3.71. The summed E-state index contributed by atoms with van der Waals surface area (Å²) in [7, 11) is 1.66. The fourth-order valence-corrected chi connectivity index (χ4v) is 3.71. The lowest BCUT2D eigenvalue weighted by molar-refractivity contribution is -0.128. The van der Waals surface area contributed by atoms with Crippen molar-refractivity contribution in [1.82, 2.24) is 5.32 Å². The van der Waals surface area contributed by atoms with Gasteiger partial charge in [0.2, 0.25) is 11.8 Å². The number of rotatable bonds is 9. The van der Waals surface area contributed by atoms with Crippen molar-refractivity contribution in [1.29, 1.82) is 0 Å². The number of methoxy groups -OCH3 is 1. The highest BCUT2D eigenvalue weighted by molar-refractivity contribution is 6.06. The molecule has 1 N–H and O–H groups in total. The van der Waals surface area contributed by atoms with Crippen LogP contribution in [0, 0.1) is 5.41 Å². The topological polar surface area (TPSA) is 67.9 Å². The van der Waals surface area contributed by atoms with E-state index in [0.717, 1.165) is 22.4 Å². The third-order valence-corrected chi connectivity index (χ3v) is 5.26. The number of amides is 2. The highest BCUT2D eigenvalue weighted by atomic mass is 16.5. The zero-order chi connectivity index (χ0) is 23.0. The molecule has 1 aliphatic rings. The molecule has 170 valence electrons. The lowest BCUT2D eigenvalue weighted by Crippen LogP contribution is -2.37. The van der Waals surface area contributed by atoms with Crippen LogP contribution in [-0.2, 0) is 25.6 Å². The quantitative estimate of drug-likeness (QED) is 0.478. The average Bonchev–Trinajstić information content (AvgIpc) is 2.75. The highest BCUT2D eigenvalue weighted by Gasteiger charge is 2.23. The number of para-hydroxylation sites is 1. The summed E-state index contributed by atoms with van der Waals surface area (Å²) in [5.74, 6) is -0.541. The molecule has 0 saturated heterocycles. The molecule has 0 fully saturated rings. The number of carbonyl (C=O) groups excluding carboxylic acids is 2. The number of hydrogen-bond donors (Lipinski definition) is 1. The van der Waals surface area contributed by atoms with Crippen LogP contribution < -0.4 is 10.2 Å². The molecule has 32 heavy (non-hydrogen) atoms. The van der Waals surface area contributed by atoms with Crippen LogP contribution >= 0.6 is 0 Å². The summed E-state index contributed by atoms with van der Waals surface area (Å²) in [6, 6.07) is 15.7. The number of nitrogens with one attached hydrogen (secondary N) is 1. The molecule has 0 aromatic heterocycles. The van der Waals surface area contributed by atoms with Gasteiger partial charge in [0.25, 0.3) is 0 Å². The molecule has 3 rings (SSSR count). The Morgan fingerprint density at radius 1 is 1.00 bits per heavy atom. The number of benzene rings is 2. The van der Waals surface area contributed by atoms with Gasteiger partial charge in [-0.2, -0.15) is 0 Å². The normalized spacial score (nSPS) is 14.0. The average molecular weight is 437 g/mol. The number of fused-ring (bicyclic) bond motifs is 2. The Morgan fingerprint density at radius 3 is 2.47 bits per heavy atom. The second kappa shape index (κ2) is 11.1. The number of hydrogen-bond acceptors (Lipinski definition) is 4. The third kappa shape index (κ3) is 6.52. The van der Waals surface area contributed by atoms with Crippen molar-refractivity contribution in [2.45, 2.75) is 26.8 Å². The predicted octanol–water partition coefficient (Wildman–Crippen LogP) is 3.90. The van der Waals surface area contributed by atoms with Gasteiger partial charge in [-0.3, -0.25) is 9.59 Å². The minimum atomic E-state index is -0.307. The maximum absolute atomic E-state index is 13.1. The molecule has 6 heteroatoms. The van der Waals surface area contributed by atoms with E-state index >= 15 is 0 Å². The maximum atomic E-state index is 13.1. The van der Waals surface area contributed by atoms with E-state index in [9.17, 15) is 9.59 Å². The largest absolute Gasteiger partial charge is 0.384 e. The monoisotopic (exact) mass is 436 g/mol. The molecule has 1 heterocycles. The van der Waals surface area contributed by atoms with Crippen molar-refractivity contribution in [2.24, 2.45) is 5.41 Å². The van der Waals surface area contributed by atoms with Gasteiger partial charge in [-0.15, -0.1) is 0 Å². The van der Waals surface area contributed by atoms with Crippen molar-refractivity contribution < 1.29 is 19.1 Å². The molecule has 2 amide bonds. The van der Waals surface area contributed by atoms with E-state index in [4.69, 9.17) is 9.47 Å². The van der Waals surface area contributed by atoms with Gasteiger partial charge in [-0.05, 0) is 22.8 Å². The molecule has 0 aliphatic carbocycles. The first-order valence-corrected chi connectivity index (χ1v) is 10.9. The first-order valence-electron chi connectivity index (χ1n) is 10.9. The summed E-state index contributed by atoms with van der Waals surface area (Å²) in [5, 5.41) is 2.79. The summed E-state index contributed by atoms with van der Waals surface area (Å²) in [6.45, 7) is 6.41. The van der Waals surface area contributed by atoms with Crippen LogP contribution in [0.25, 0.3) is 12.2 Å². The van der Waals surface area contributed by atoms with Crippen LogP contribution in [0.5, 0.6) is 0 Å². The fraction of sp³-hybridized carbons (Fsp3) is 0.385. The summed E-state index contributed by atoms with van der Waals surface area (Å²) >= 11 is 0. The highest BCUT2D eigenvalue weighted by Crippen LogP contribution is 2.29. The molecule has 0 atom stereocenters. The molecule has 6 nitrogen and oxygen atoms in total. The van der Waals surface area contributed by atoms with E-state index in [1.54, 1.807) is 12.0 Å². The van der Waals surface area contributed by atoms with Crippen LogP contribution in [0.4, 0.5) is 5.69 Å². The van der Waals surface area contributed by atoms with Gasteiger partial charge in [0.1, 0.15) is 6.42 Å². The Hall–Kier alpha value is -2.96. The van der Waals surface area contributed by atoms with E-state index < -0.39 is 0 Å². The van der Waals surface area contributed by atoms with Crippen molar-refractivity contribution in [3.63, 3.8) is 0 Å². The van der Waals surface area contributed by atoms with Crippen molar-refractivity contribution >= 4 is 29.7 Å². The van der Waals surface area contributed by atoms with Crippen LogP contribution in [0.1, 0.15) is 37.0 Å². The molecule has 0 saturated carbocycles. The van der Waals surface area contributed by atoms with Gasteiger partial charge < -0.3 is 19.7 Å². The Balaban J connectivity index is 1.59. The standard InChI is InChI=1S/C26H32N2O4/c1-26(2,18-31-3)19-32-15-14-27-24(29)16-25(30)28-17-22-10-5-4-8-20(22)12-13-21-9-6-7-11-23(21)28/h4-13H,14-19H2,1-3H3,(H,27,29)/b13-12-. The van der Waals surface area contributed by atoms with Crippen LogP contribution in [0.3, 0.4) is 0 Å². The first-order chi connectivity index (χ1) is 15.4. The van der Waals surface area contributed by atoms with Crippen molar-refractivity contribution in [3.8, 4) is 0 Å². The molecule has 2 aromatic carbocycles. The van der Waals surface area contributed by atoms with Gasteiger partial charge in [0, 0.05) is 19.1 Å². The minimum absolute atomic E-state index is 0.0850. The molecule has 0 spiro atoms. The number of anilines is 1. The Morgan fingerprint density at radius 2 is 1.69 bits per heavy atom. The van der Waals surface area contributed by atoms with Gasteiger partial charge in [0.15, 0.2) is 0 Å². The van der Waals surface area contributed by atoms with E-state index in [1.807, 2.05) is 54.6 Å². The second-order valence-electron chi connectivity index (χ2n) is 8.75. The third-order valence-electron chi connectivity index (χ3n) is 5.26. The van der Waals surface area contributed by atoms with Gasteiger partial charge in [0.05, 0.1) is 32.1 Å². The molecule has 0 radical (unpaired) electrons. The first kappa shape index (κ1) is 23.7.